The Bertz CT molecular complexity index is 7160. The minimum absolute atomic E-state index is 0. The summed E-state index contributed by atoms with van der Waals surface area (Å²) in [7, 11) is -0.284. The molecule has 7 N–H and O–H groups in total. The number of alkyl carbamates (subject to hydrolysis) is 1. The minimum Gasteiger partial charge on any atom is -0.870 e. The molecule has 8 aromatic heterocycles. The molecule has 1 amide bonds. The van der Waals surface area contributed by atoms with Crippen molar-refractivity contribution in [3.8, 4) is 56.4 Å². The Morgan fingerprint density at radius 2 is 0.740 bits per heavy atom. The Hall–Kier alpha value is -14.2. The van der Waals surface area contributed by atoms with Crippen molar-refractivity contribution in [3.63, 3.8) is 0 Å². The number of nitrogens with zero attached hydrogens (tertiary/aromatic N) is 4. The average Bonchev–Trinajstić information content (AvgIpc) is 1.63. The third kappa shape index (κ3) is 29.6. The average molecular weight is 2080 g/mol. The number of aliphatic carboxylic acids is 1. The minimum atomic E-state index is -0.965. The largest absolute Gasteiger partial charge is 1.00 e. The summed E-state index contributed by atoms with van der Waals surface area (Å²) in [5, 5.41) is 14.7. The maximum Gasteiger partial charge on any atom is 1.00 e. The number of ether oxygens (including phenoxy) is 8. The van der Waals surface area contributed by atoms with Crippen molar-refractivity contribution in [1.82, 2.24) is 25.3 Å². The summed E-state index contributed by atoms with van der Waals surface area (Å²) in [6.45, 7) is 22.3. The molecule has 17 rings (SSSR count). The number of aromatic nitrogens is 4. The molecule has 28 nitrogen and oxygen atoms in total. The van der Waals surface area contributed by atoms with Crippen LogP contribution < -0.4 is 60.1 Å². The number of pyridine rings is 4. The number of carbonyl (C=O) groups excluding carboxylic acids is 4. The van der Waals surface area contributed by atoms with Crippen LogP contribution >= 0.6 is 28.3 Å². The number of carbonyl (C=O) groups is 5. The molecular weight excluding hydrogens is 1960 g/mol. The van der Waals surface area contributed by atoms with E-state index in [0.717, 1.165) is 33.7 Å². The fourth-order valence-electron chi connectivity index (χ4n) is 15.3. The first-order chi connectivity index (χ1) is 68.8. The quantitative estimate of drug-likeness (QED) is 0.0132. The smallest absolute Gasteiger partial charge is 0.870 e. The van der Waals surface area contributed by atoms with Gasteiger partial charge in [0.1, 0.15) is 95.0 Å². The second-order valence-corrected chi connectivity index (χ2v) is 35.5. The van der Waals surface area contributed by atoms with Crippen LogP contribution in [0.15, 0.2) is 266 Å². The molecule has 9 heterocycles. The number of nitrogens with two attached hydrogens (primary N) is 2. The topological polar surface area (TPSA) is 396 Å². The van der Waals surface area contributed by atoms with Crippen molar-refractivity contribution in [1.29, 1.82) is 0 Å². The second-order valence-electron chi connectivity index (χ2n) is 34.7. The molecule has 0 unspecified atom stereocenters. The molecule has 1 aliphatic heterocycles. The number of halogens is 6. The summed E-state index contributed by atoms with van der Waals surface area (Å²) in [6.07, 6.45) is 13.0. The van der Waals surface area contributed by atoms with E-state index in [9.17, 15) is 28.4 Å². The molecule has 0 radical (unpaired) electrons. The third-order valence-electron chi connectivity index (χ3n) is 22.9. The molecule has 8 aromatic carbocycles. The molecule has 0 bridgehead atoms. The van der Waals surface area contributed by atoms with Crippen LogP contribution in [0.5, 0.6) is 23.0 Å². The zero-order valence-electron chi connectivity index (χ0n) is 82.7. The normalized spacial score (nSPS) is 12.1. The van der Waals surface area contributed by atoms with Gasteiger partial charge in [-0.1, -0.05) is 79.7 Å². The van der Waals surface area contributed by atoms with Gasteiger partial charge in [0.25, 0.3) is 0 Å². The summed E-state index contributed by atoms with van der Waals surface area (Å²) in [4.78, 5) is 75.7. The van der Waals surface area contributed by atoms with Gasteiger partial charge in [0.15, 0.2) is 5.58 Å². The first kappa shape index (κ1) is 114. The number of benzene rings is 8. The molecule has 0 aliphatic carbocycles. The standard InChI is InChI=1S/C30H31FN2O6.C25H23FN2O4.C23H19FN2O4.C19H16BrFO4.C13H20BNO2.ClH.Li.H2O/c1-5-36-25(34)16-19-8-6-7-9-24(19)38-18-22-14-21-11-13-37-28(21)26(27(22)31)20-10-12-32-23(15-20)17-33-29(35)39-30(2,3)4;1-2-30-22(29)13-16-5-3-4-6-21(16)32-15-19-11-18-8-10-31-25(18)23(24(19)26)17-7-9-28-20(12-17)14-27;24-22-17(13-30-19-4-2-1-3-14(19)11-20(27)28)9-16-6-8-29-23(16)21(22)15-5-7-26-18(10-15)12-25;1-2-23-16(22)10-12-5-3-4-6-15(12)25-11-14-9-13-7-8-24-19(13)17(20)18(14)21;1-6-11-9-10(7-8-15-11)14-16-12(2,3)13(4,5)17-14;;;/h6-15H,5,16-18H2,1-4H3,(H,33,35);3-12H,2,13-15,27H2,1H3;1-10H,11-13,25H2,(H,27,28);3-9H,2,10-11H2,1H3;7-9H,6H2,1-5H3;1H;;1H2/q;;;;;;+1;/p-1. The van der Waals surface area contributed by atoms with Gasteiger partial charge in [-0.05, 0) is 235 Å². The molecule has 0 saturated carbocycles. The van der Waals surface area contributed by atoms with Crippen molar-refractivity contribution >= 4 is 115 Å². The maximum absolute atomic E-state index is 16.0. The van der Waals surface area contributed by atoms with Crippen molar-refractivity contribution in [2.24, 2.45) is 11.5 Å². The van der Waals surface area contributed by atoms with E-state index in [-0.39, 0.29) is 161 Å². The molecule has 1 saturated heterocycles. The first-order valence-corrected chi connectivity index (χ1v) is 47.0. The Morgan fingerprint density at radius 1 is 0.425 bits per heavy atom. The van der Waals surface area contributed by atoms with Gasteiger partial charge in [0.05, 0.1) is 127 Å². The van der Waals surface area contributed by atoms with Crippen LogP contribution in [0.1, 0.15) is 143 Å². The zero-order valence-corrected chi connectivity index (χ0v) is 85.1. The SMILES string of the molecule is CCOC(=O)Cc1ccccc1OCc1cc2ccoc2c(-c2ccnc(CN)c2)c1F.CCOC(=O)Cc1ccccc1OCc1cc2ccoc2c(-c2ccnc(CNC(=O)OC(C)(C)C)c2)c1F.CCOC(=O)Cc1ccccc1OCc1cc2ccoc2c(Br)c1F.CCc1cc(B2OC(C)(C)C(C)(C)O2)ccn1.Cl.NCc1cc(-c2c(F)c(COc3ccccc3CC(=O)O)cc3ccoc23)ccn1.[Li+].[OH-]. The predicted octanol–water partition coefficient (Wildman–Crippen LogP) is 19.6. The number of aryl methyl sites for hydroxylation is 1. The van der Waals surface area contributed by atoms with Gasteiger partial charge in [0.2, 0.25) is 0 Å². The number of furan rings is 4. The molecule has 16 aromatic rings. The van der Waals surface area contributed by atoms with E-state index in [1.54, 1.807) is 230 Å². The number of rotatable bonds is 32. The van der Waals surface area contributed by atoms with Crippen LogP contribution in [0.25, 0.3) is 77.3 Å². The fraction of sp³-hybridized carbons (Fsp3) is 0.264. The summed E-state index contributed by atoms with van der Waals surface area (Å²) < 4.78 is 140. The summed E-state index contributed by atoms with van der Waals surface area (Å²) in [5.74, 6) is -1.93. The number of para-hydroxylation sites is 4. The van der Waals surface area contributed by atoms with Gasteiger partial charge in [-0.25, -0.2) is 22.4 Å². The number of carboxylic acids is 1. The van der Waals surface area contributed by atoms with Crippen molar-refractivity contribution in [3.05, 3.63) is 339 Å². The van der Waals surface area contributed by atoms with E-state index in [0.29, 0.717) is 153 Å². The van der Waals surface area contributed by atoms with Gasteiger partial charge >= 0.3 is 55.9 Å². The van der Waals surface area contributed by atoms with Crippen molar-refractivity contribution in [2.75, 3.05) is 19.8 Å². The van der Waals surface area contributed by atoms with E-state index < -0.39 is 40.9 Å². The second kappa shape index (κ2) is 53.1. The Labute approximate surface area is 868 Å². The predicted molar refractivity (Wildman–Crippen MR) is 545 cm³/mol. The fourth-order valence-corrected chi connectivity index (χ4v) is 15.9. The molecule has 0 spiro atoms. The van der Waals surface area contributed by atoms with Gasteiger partial charge in [-0.3, -0.25) is 39.1 Å². The molecule has 1 fully saturated rings. The van der Waals surface area contributed by atoms with E-state index >= 15 is 13.2 Å². The first-order valence-electron chi connectivity index (χ1n) is 46.2. The van der Waals surface area contributed by atoms with Crippen LogP contribution in [0.3, 0.4) is 0 Å². The molecule has 1 aliphatic rings. The van der Waals surface area contributed by atoms with Crippen LogP contribution in [-0.2, 0) is 126 Å². The molecule has 146 heavy (non-hydrogen) atoms. The van der Waals surface area contributed by atoms with Crippen LogP contribution in [-0.4, -0.2) is 104 Å². The number of nitrogens with one attached hydrogen (secondary N) is 1. The summed E-state index contributed by atoms with van der Waals surface area (Å²) >= 11 is 3.22. The Morgan fingerprint density at radius 3 is 1.08 bits per heavy atom. The number of hydrogen-bond acceptors (Lipinski definition) is 26. The van der Waals surface area contributed by atoms with Gasteiger partial charge < -0.3 is 92.2 Å². The monoisotopic (exact) mass is 2070 g/mol. The number of fused-ring (bicyclic) bond motifs is 4. The van der Waals surface area contributed by atoms with Crippen molar-refractivity contribution in [2.45, 2.75) is 171 Å². The zero-order chi connectivity index (χ0) is 102. The van der Waals surface area contributed by atoms with Gasteiger partial charge in [-0.2, -0.15) is 0 Å². The number of esters is 3. The third-order valence-corrected chi connectivity index (χ3v) is 23.6. The van der Waals surface area contributed by atoms with Gasteiger partial charge in [-0.15, -0.1) is 12.4 Å². The van der Waals surface area contributed by atoms with E-state index in [2.05, 4.69) is 81.9 Å². The Kier molecular flexibility index (Phi) is 41.4. The van der Waals surface area contributed by atoms with Crippen LogP contribution in [0, 0.1) is 23.3 Å². The Balaban J connectivity index is 0.000000190. The van der Waals surface area contributed by atoms with E-state index in [1.165, 1.54) is 25.1 Å². The maximum atomic E-state index is 16.0. The number of hydrogen-bond donors (Lipinski definition) is 4. The molecule has 758 valence electrons. The van der Waals surface area contributed by atoms with E-state index in [1.807, 2.05) is 24.4 Å². The van der Waals surface area contributed by atoms with Gasteiger partial charge in [0, 0.05) is 110 Å². The molecule has 0 atom stereocenters. The molecular formula is C110H111BBrClF4LiN7O21. The summed E-state index contributed by atoms with van der Waals surface area (Å²) in [6, 6.07) is 56.3. The van der Waals surface area contributed by atoms with E-state index in [4.69, 9.17) is 81.4 Å². The summed E-state index contributed by atoms with van der Waals surface area (Å²) in [5.41, 5.74) is 22.5. The van der Waals surface area contributed by atoms with Crippen LogP contribution in [0.4, 0.5) is 22.4 Å². The number of carboxylic acid groups (broad SMARTS) is 1. The van der Waals surface area contributed by atoms with Crippen molar-refractivity contribution < 1.29 is 136 Å². The van der Waals surface area contributed by atoms with Crippen LogP contribution in [0.2, 0.25) is 0 Å². The number of amides is 1. The molecule has 36 heteroatoms.